The quantitative estimate of drug-likeness (QED) is 0.590. The average molecular weight is 425 g/mol. The van der Waals surface area contributed by atoms with Crippen LogP contribution in [0, 0.1) is 11.7 Å². The molecular weight excluding hydrogens is 399 g/mol. The van der Waals surface area contributed by atoms with E-state index in [2.05, 4.69) is 10.6 Å². The standard InChI is InChI=1S/C25H26ClFN2O/c1-17(25(10-12-28-13-11-25)20-6-8-22(27)9-7-20)24(30)29-16-19-15-21(26)14-18-4-2-3-5-23(18)19/h2-9,14-15,17,28H,10-13,16H2,1H3,(H,29,30). The number of hydrogen-bond donors (Lipinski definition) is 2. The lowest BCUT2D eigenvalue weighted by Gasteiger charge is -2.42. The summed E-state index contributed by atoms with van der Waals surface area (Å²) in [6.07, 6.45) is 1.68. The number of carbonyl (C=O) groups is 1. The second-order valence-corrected chi connectivity index (χ2v) is 8.58. The molecule has 0 bridgehead atoms. The molecule has 3 aromatic carbocycles. The number of nitrogens with one attached hydrogen (secondary N) is 2. The van der Waals surface area contributed by atoms with Crippen LogP contribution in [0.15, 0.2) is 60.7 Å². The third kappa shape index (κ3) is 4.07. The maximum atomic E-state index is 13.5. The van der Waals surface area contributed by atoms with E-state index in [0.717, 1.165) is 47.8 Å². The lowest BCUT2D eigenvalue weighted by molar-refractivity contribution is -0.127. The molecule has 4 rings (SSSR count). The minimum absolute atomic E-state index is 0.00489. The second kappa shape index (κ2) is 8.75. The van der Waals surface area contributed by atoms with Gasteiger partial charge >= 0.3 is 0 Å². The zero-order chi connectivity index (χ0) is 21.1. The summed E-state index contributed by atoms with van der Waals surface area (Å²) in [5.41, 5.74) is 1.72. The smallest absolute Gasteiger partial charge is 0.223 e. The molecule has 1 heterocycles. The van der Waals surface area contributed by atoms with Crippen molar-refractivity contribution in [2.24, 2.45) is 5.92 Å². The molecule has 30 heavy (non-hydrogen) atoms. The van der Waals surface area contributed by atoms with Crippen LogP contribution in [-0.2, 0) is 16.8 Å². The third-order valence-corrected chi connectivity index (χ3v) is 6.72. The molecule has 1 aliphatic heterocycles. The Kier molecular flexibility index (Phi) is 6.07. The maximum absolute atomic E-state index is 13.5. The van der Waals surface area contributed by atoms with Crippen molar-refractivity contribution in [2.45, 2.75) is 31.7 Å². The topological polar surface area (TPSA) is 41.1 Å². The number of hydrogen-bond acceptors (Lipinski definition) is 2. The lowest BCUT2D eigenvalue weighted by atomic mass is 9.65. The molecule has 0 spiro atoms. The fourth-order valence-electron chi connectivity index (χ4n) is 4.71. The van der Waals surface area contributed by atoms with E-state index < -0.39 is 0 Å². The van der Waals surface area contributed by atoms with E-state index in [1.807, 2.05) is 55.5 Å². The predicted molar refractivity (Wildman–Crippen MR) is 120 cm³/mol. The Morgan fingerprint density at radius 2 is 1.83 bits per heavy atom. The van der Waals surface area contributed by atoms with Crippen LogP contribution < -0.4 is 10.6 Å². The van der Waals surface area contributed by atoms with Gasteiger partial charge in [-0.15, -0.1) is 0 Å². The summed E-state index contributed by atoms with van der Waals surface area (Å²) in [5.74, 6) is -0.492. The van der Waals surface area contributed by atoms with Gasteiger partial charge < -0.3 is 10.6 Å². The van der Waals surface area contributed by atoms with Crippen LogP contribution in [-0.4, -0.2) is 19.0 Å². The number of halogens is 2. The SMILES string of the molecule is CC(C(=O)NCc1cc(Cl)cc2ccccc12)C1(c2ccc(F)cc2)CCNCC1. The van der Waals surface area contributed by atoms with Crippen molar-refractivity contribution in [3.05, 3.63) is 82.6 Å². The van der Waals surface area contributed by atoms with E-state index in [-0.39, 0.29) is 23.1 Å². The molecule has 1 unspecified atom stereocenters. The molecule has 5 heteroatoms. The summed E-state index contributed by atoms with van der Waals surface area (Å²) in [4.78, 5) is 13.2. The summed E-state index contributed by atoms with van der Waals surface area (Å²) < 4.78 is 13.5. The first-order valence-electron chi connectivity index (χ1n) is 10.4. The van der Waals surface area contributed by atoms with Crippen LogP contribution >= 0.6 is 11.6 Å². The van der Waals surface area contributed by atoms with Crippen molar-refractivity contribution in [1.82, 2.24) is 10.6 Å². The molecule has 3 nitrogen and oxygen atoms in total. The monoisotopic (exact) mass is 424 g/mol. The Hall–Kier alpha value is -2.43. The van der Waals surface area contributed by atoms with Crippen molar-refractivity contribution in [3.8, 4) is 0 Å². The average Bonchev–Trinajstić information content (AvgIpc) is 2.77. The van der Waals surface area contributed by atoms with Crippen molar-refractivity contribution in [3.63, 3.8) is 0 Å². The molecule has 0 radical (unpaired) electrons. The first-order chi connectivity index (χ1) is 14.5. The third-order valence-electron chi connectivity index (χ3n) is 6.50. The first-order valence-corrected chi connectivity index (χ1v) is 10.8. The number of piperidine rings is 1. The largest absolute Gasteiger partial charge is 0.352 e. The minimum Gasteiger partial charge on any atom is -0.352 e. The van der Waals surface area contributed by atoms with Gasteiger partial charge in [-0.3, -0.25) is 4.79 Å². The number of fused-ring (bicyclic) bond motifs is 1. The first kappa shape index (κ1) is 20.8. The van der Waals surface area contributed by atoms with Crippen molar-refractivity contribution < 1.29 is 9.18 Å². The molecule has 0 aromatic heterocycles. The number of benzene rings is 3. The highest BCUT2D eigenvalue weighted by molar-refractivity contribution is 6.31. The normalized spacial score (nSPS) is 16.9. The zero-order valence-electron chi connectivity index (χ0n) is 17.1. The van der Waals surface area contributed by atoms with Gasteiger partial charge in [-0.2, -0.15) is 0 Å². The minimum atomic E-state index is -0.306. The molecule has 1 atom stereocenters. The van der Waals surface area contributed by atoms with Crippen LogP contribution in [0.5, 0.6) is 0 Å². The van der Waals surface area contributed by atoms with Gasteiger partial charge in [0.2, 0.25) is 5.91 Å². The molecule has 1 aliphatic rings. The van der Waals surface area contributed by atoms with E-state index in [4.69, 9.17) is 11.6 Å². The van der Waals surface area contributed by atoms with Gasteiger partial charge in [-0.1, -0.05) is 54.9 Å². The zero-order valence-corrected chi connectivity index (χ0v) is 17.8. The molecular formula is C25H26ClFN2O. The fraction of sp³-hybridized carbons (Fsp3) is 0.320. The molecule has 3 aromatic rings. The summed E-state index contributed by atoms with van der Waals surface area (Å²) in [6.45, 7) is 4.09. The van der Waals surface area contributed by atoms with E-state index in [1.54, 1.807) is 0 Å². The van der Waals surface area contributed by atoms with Crippen LogP contribution in [0.3, 0.4) is 0 Å². The van der Waals surface area contributed by atoms with Crippen LogP contribution in [0.1, 0.15) is 30.9 Å². The Morgan fingerprint density at radius 1 is 1.13 bits per heavy atom. The number of amides is 1. The fourth-order valence-corrected chi connectivity index (χ4v) is 4.96. The molecule has 1 amide bonds. The highest BCUT2D eigenvalue weighted by atomic mass is 35.5. The van der Waals surface area contributed by atoms with Crippen molar-refractivity contribution in [2.75, 3.05) is 13.1 Å². The Balaban J connectivity index is 1.57. The Labute approximate surface area is 181 Å². The van der Waals surface area contributed by atoms with E-state index >= 15 is 0 Å². The van der Waals surface area contributed by atoms with E-state index in [0.29, 0.717) is 11.6 Å². The molecule has 1 fully saturated rings. The molecule has 2 N–H and O–H groups in total. The van der Waals surface area contributed by atoms with Crippen molar-refractivity contribution in [1.29, 1.82) is 0 Å². The Bertz CT molecular complexity index is 1040. The van der Waals surface area contributed by atoms with E-state index in [1.165, 1.54) is 12.1 Å². The number of rotatable bonds is 5. The maximum Gasteiger partial charge on any atom is 0.223 e. The second-order valence-electron chi connectivity index (χ2n) is 8.14. The molecule has 0 aliphatic carbocycles. The summed E-state index contributed by atoms with van der Waals surface area (Å²) >= 11 is 6.29. The summed E-state index contributed by atoms with van der Waals surface area (Å²) in [6, 6.07) is 18.5. The summed E-state index contributed by atoms with van der Waals surface area (Å²) in [7, 11) is 0. The highest BCUT2D eigenvalue weighted by Gasteiger charge is 2.42. The van der Waals surface area contributed by atoms with Crippen LogP contribution in [0.4, 0.5) is 4.39 Å². The summed E-state index contributed by atoms with van der Waals surface area (Å²) in [5, 5.41) is 9.31. The van der Waals surface area contributed by atoms with Crippen molar-refractivity contribution >= 4 is 28.3 Å². The molecule has 0 saturated carbocycles. The molecule has 156 valence electrons. The highest BCUT2D eigenvalue weighted by Crippen LogP contribution is 2.41. The van der Waals surface area contributed by atoms with E-state index in [9.17, 15) is 9.18 Å². The van der Waals surface area contributed by atoms with Gasteiger partial charge in [0.15, 0.2) is 0 Å². The van der Waals surface area contributed by atoms with Gasteiger partial charge in [0.05, 0.1) is 0 Å². The van der Waals surface area contributed by atoms with Gasteiger partial charge in [0.1, 0.15) is 5.82 Å². The molecule has 1 saturated heterocycles. The predicted octanol–water partition coefficient (Wildman–Crippen LogP) is 5.21. The lowest BCUT2D eigenvalue weighted by Crippen LogP contribution is -2.49. The number of carbonyl (C=O) groups excluding carboxylic acids is 1. The van der Waals surface area contributed by atoms with Gasteiger partial charge in [-0.25, -0.2) is 4.39 Å². The Morgan fingerprint density at radius 3 is 2.57 bits per heavy atom. The van der Waals surface area contributed by atoms with Crippen LogP contribution in [0.25, 0.3) is 10.8 Å². The van der Waals surface area contributed by atoms with Gasteiger partial charge in [0, 0.05) is 22.9 Å². The van der Waals surface area contributed by atoms with Gasteiger partial charge in [0.25, 0.3) is 0 Å². The van der Waals surface area contributed by atoms with Gasteiger partial charge in [-0.05, 0) is 72.1 Å². The van der Waals surface area contributed by atoms with Crippen LogP contribution in [0.2, 0.25) is 5.02 Å².